The number of sulfonamides is 1. The summed E-state index contributed by atoms with van der Waals surface area (Å²) < 4.78 is 27.7. The van der Waals surface area contributed by atoms with Crippen molar-refractivity contribution >= 4 is 10.0 Å². The number of hydrogen-bond acceptors (Lipinski definition) is 3. The van der Waals surface area contributed by atoms with E-state index >= 15 is 0 Å². The second kappa shape index (κ2) is 7.38. The molecule has 1 aromatic carbocycles. The molecule has 1 atom stereocenters. The molecule has 1 aromatic rings. The molecule has 1 unspecified atom stereocenters. The van der Waals surface area contributed by atoms with Gasteiger partial charge in [-0.25, -0.2) is 13.1 Å². The maximum Gasteiger partial charge on any atom is 0.240 e. The molecule has 0 aromatic heterocycles. The molecule has 0 amide bonds. The van der Waals surface area contributed by atoms with Gasteiger partial charge in [0.25, 0.3) is 0 Å². The summed E-state index contributed by atoms with van der Waals surface area (Å²) in [6.45, 7) is 4.82. The molecule has 1 aliphatic carbocycles. The average molecular weight is 310 g/mol. The van der Waals surface area contributed by atoms with E-state index in [1.807, 2.05) is 19.1 Å². The van der Waals surface area contributed by atoms with Crippen molar-refractivity contribution in [3.63, 3.8) is 0 Å². The van der Waals surface area contributed by atoms with E-state index in [4.69, 9.17) is 0 Å². The minimum atomic E-state index is -3.42. The summed E-state index contributed by atoms with van der Waals surface area (Å²) in [6, 6.07) is 7.88. The zero-order valence-electron chi connectivity index (χ0n) is 12.9. The van der Waals surface area contributed by atoms with E-state index in [0.717, 1.165) is 31.4 Å². The summed E-state index contributed by atoms with van der Waals surface area (Å²) in [5, 5.41) is 3.41. The molecule has 4 nitrogen and oxygen atoms in total. The first-order chi connectivity index (χ1) is 10.0. The molecule has 0 aliphatic heterocycles. The topological polar surface area (TPSA) is 58.2 Å². The van der Waals surface area contributed by atoms with E-state index in [9.17, 15) is 8.42 Å². The Kier molecular flexibility index (Phi) is 5.79. The Balaban J connectivity index is 2.05. The Hall–Kier alpha value is -0.910. The molecule has 0 radical (unpaired) electrons. The van der Waals surface area contributed by atoms with Gasteiger partial charge in [0.2, 0.25) is 10.0 Å². The van der Waals surface area contributed by atoms with Gasteiger partial charge < -0.3 is 5.32 Å². The molecule has 21 heavy (non-hydrogen) atoms. The fourth-order valence-electron chi connectivity index (χ4n) is 2.35. The van der Waals surface area contributed by atoms with Crippen LogP contribution >= 0.6 is 0 Å². The highest BCUT2D eigenvalue weighted by molar-refractivity contribution is 7.89. The van der Waals surface area contributed by atoms with Gasteiger partial charge in [-0.15, -0.1) is 0 Å². The van der Waals surface area contributed by atoms with Crippen molar-refractivity contribution in [1.29, 1.82) is 0 Å². The first-order valence-electron chi connectivity index (χ1n) is 7.89. The molecular formula is C16H26N2O2S. The van der Waals surface area contributed by atoms with Gasteiger partial charge in [0.15, 0.2) is 0 Å². The predicted molar refractivity (Wildman–Crippen MR) is 85.6 cm³/mol. The van der Waals surface area contributed by atoms with Crippen molar-refractivity contribution in [2.24, 2.45) is 0 Å². The minimum absolute atomic E-state index is 0.0215. The van der Waals surface area contributed by atoms with Crippen LogP contribution in [0.4, 0.5) is 0 Å². The van der Waals surface area contributed by atoms with Crippen molar-refractivity contribution in [2.75, 3.05) is 0 Å². The third-order valence-corrected chi connectivity index (χ3v) is 5.35. The Morgan fingerprint density at radius 2 is 2.05 bits per heavy atom. The van der Waals surface area contributed by atoms with Crippen LogP contribution in [0.1, 0.15) is 51.5 Å². The van der Waals surface area contributed by atoms with E-state index < -0.39 is 10.0 Å². The third-order valence-electron chi connectivity index (χ3n) is 3.83. The standard InChI is InChI=1S/C16H26N2O2S/c1-3-6-14(4-2)18-21(19,20)16-8-5-7-13(11-16)12-17-15-9-10-15/h5,7-8,11,14-15,17-18H,3-4,6,9-10,12H2,1-2H3. The van der Waals surface area contributed by atoms with Gasteiger partial charge in [-0.3, -0.25) is 0 Å². The second-order valence-corrected chi connectivity index (χ2v) is 7.53. The van der Waals surface area contributed by atoms with Crippen molar-refractivity contribution in [1.82, 2.24) is 10.0 Å². The molecule has 5 heteroatoms. The summed E-state index contributed by atoms with van der Waals surface area (Å²) in [7, 11) is -3.42. The first-order valence-corrected chi connectivity index (χ1v) is 9.38. The van der Waals surface area contributed by atoms with Crippen molar-refractivity contribution in [2.45, 2.75) is 69.5 Å². The Morgan fingerprint density at radius 1 is 1.29 bits per heavy atom. The van der Waals surface area contributed by atoms with Crippen LogP contribution in [0.3, 0.4) is 0 Å². The van der Waals surface area contributed by atoms with Crippen LogP contribution in [0.2, 0.25) is 0 Å². The summed E-state index contributed by atoms with van der Waals surface area (Å²) in [4.78, 5) is 0.368. The molecule has 118 valence electrons. The number of benzene rings is 1. The predicted octanol–water partition coefficient (Wildman–Crippen LogP) is 2.80. The molecule has 1 fully saturated rings. The van der Waals surface area contributed by atoms with Gasteiger partial charge >= 0.3 is 0 Å². The maximum absolute atomic E-state index is 12.4. The lowest BCUT2D eigenvalue weighted by molar-refractivity contribution is 0.512. The molecule has 0 spiro atoms. The Morgan fingerprint density at radius 3 is 2.67 bits per heavy atom. The Labute approximate surface area is 128 Å². The van der Waals surface area contributed by atoms with Crippen molar-refractivity contribution in [3.05, 3.63) is 29.8 Å². The highest BCUT2D eigenvalue weighted by atomic mass is 32.2. The average Bonchev–Trinajstić information content (AvgIpc) is 3.29. The highest BCUT2D eigenvalue weighted by Gasteiger charge is 2.21. The molecule has 2 N–H and O–H groups in total. The van der Waals surface area contributed by atoms with Gasteiger partial charge in [-0.1, -0.05) is 32.4 Å². The maximum atomic E-state index is 12.4. The van der Waals surface area contributed by atoms with E-state index in [2.05, 4.69) is 17.0 Å². The van der Waals surface area contributed by atoms with Crippen LogP contribution in [-0.4, -0.2) is 20.5 Å². The van der Waals surface area contributed by atoms with E-state index in [1.165, 1.54) is 12.8 Å². The summed E-state index contributed by atoms with van der Waals surface area (Å²) >= 11 is 0. The normalized spacial score (nSPS) is 16.9. The lowest BCUT2D eigenvalue weighted by Gasteiger charge is -2.16. The van der Waals surface area contributed by atoms with E-state index in [1.54, 1.807) is 12.1 Å². The summed E-state index contributed by atoms with van der Waals surface area (Å²) in [5.41, 5.74) is 1.02. The quantitative estimate of drug-likeness (QED) is 0.737. The van der Waals surface area contributed by atoms with Gasteiger partial charge in [-0.05, 0) is 43.4 Å². The lowest BCUT2D eigenvalue weighted by atomic mass is 10.1. The van der Waals surface area contributed by atoms with Gasteiger partial charge in [0, 0.05) is 18.6 Å². The van der Waals surface area contributed by atoms with Crippen molar-refractivity contribution in [3.8, 4) is 0 Å². The fraction of sp³-hybridized carbons (Fsp3) is 0.625. The van der Waals surface area contributed by atoms with Crippen LogP contribution in [-0.2, 0) is 16.6 Å². The fourth-order valence-corrected chi connectivity index (χ4v) is 3.78. The zero-order chi connectivity index (χ0) is 15.3. The molecule has 2 rings (SSSR count). The summed E-state index contributed by atoms with van der Waals surface area (Å²) in [6.07, 6.45) is 5.13. The van der Waals surface area contributed by atoms with Gasteiger partial charge in [-0.2, -0.15) is 0 Å². The number of hydrogen-bond donors (Lipinski definition) is 2. The van der Waals surface area contributed by atoms with E-state index in [0.29, 0.717) is 10.9 Å². The zero-order valence-corrected chi connectivity index (χ0v) is 13.7. The van der Waals surface area contributed by atoms with Gasteiger partial charge in [0.05, 0.1) is 4.90 Å². The molecule has 1 saturated carbocycles. The highest BCUT2D eigenvalue weighted by Crippen LogP contribution is 2.20. The monoisotopic (exact) mass is 310 g/mol. The van der Waals surface area contributed by atoms with Crippen LogP contribution < -0.4 is 10.0 Å². The smallest absolute Gasteiger partial charge is 0.240 e. The van der Waals surface area contributed by atoms with Crippen LogP contribution in [0.15, 0.2) is 29.2 Å². The van der Waals surface area contributed by atoms with E-state index in [-0.39, 0.29) is 6.04 Å². The first kappa shape index (κ1) is 16.5. The Bertz CT molecular complexity index is 553. The molecular weight excluding hydrogens is 284 g/mol. The second-order valence-electron chi connectivity index (χ2n) is 5.82. The number of nitrogens with one attached hydrogen (secondary N) is 2. The molecule has 0 saturated heterocycles. The molecule has 0 heterocycles. The van der Waals surface area contributed by atoms with Crippen LogP contribution in [0, 0.1) is 0 Å². The SMILES string of the molecule is CCCC(CC)NS(=O)(=O)c1cccc(CNC2CC2)c1. The third kappa shape index (κ3) is 5.09. The van der Waals surface area contributed by atoms with Crippen molar-refractivity contribution < 1.29 is 8.42 Å². The number of rotatable bonds is 9. The van der Waals surface area contributed by atoms with Gasteiger partial charge in [0.1, 0.15) is 0 Å². The summed E-state index contributed by atoms with van der Waals surface area (Å²) in [5.74, 6) is 0. The molecule has 0 bridgehead atoms. The van der Waals surface area contributed by atoms with Crippen LogP contribution in [0.5, 0.6) is 0 Å². The molecule has 1 aliphatic rings. The minimum Gasteiger partial charge on any atom is -0.310 e. The lowest BCUT2D eigenvalue weighted by Crippen LogP contribution is -2.34. The van der Waals surface area contributed by atoms with Crippen LogP contribution in [0.25, 0.3) is 0 Å². The largest absolute Gasteiger partial charge is 0.310 e.